The van der Waals surface area contributed by atoms with Crippen molar-refractivity contribution in [1.29, 1.82) is 0 Å². The van der Waals surface area contributed by atoms with Crippen LogP contribution in [0.15, 0.2) is 36.7 Å². The summed E-state index contributed by atoms with van der Waals surface area (Å²) >= 11 is 0. The first-order chi connectivity index (χ1) is 15.1. The average Bonchev–Trinajstić information content (AvgIpc) is 3.22. The summed E-state index contributed by atoms with van der Waals surface area (Å²) < 4.78 is 10.2. The van der Waals surface area contributed by atoms with Gasteiger partial charge in [0.2, 0.25) is 0 Å². The molecule has 1 amide bonds. The van der Waals surface area contributed by atoms with Crippen molar-refractivity contribution < 1.29 is 33.8 Å². The number of aromatic carboxylic acids is 1. The molecule has 5 N–H and O–H groups in total. The van der Waals surface area contributed by atoms with Gasteiger partial charge in [0.15, 0.2) is 17.0 Å². The average molecular weight is 443 g/mol. The Balaban J connectivity index is 0.000000244. The van der Waals surface area contributed by atoms with E-state index in [-0.39, 0.29) is 29.0 Å². The minimum absolute atomic E-state index is 0.00769. The predicted molar refractivity (Wildman–Crippen MR) is 110 cm³/mol. The van der Waals surface area contributed by atoms with Crippen LogP contribution in [0.1, 0.15) is 60.4 Å². The van der Waals surface area contributed by atoms with Crippen molar-refractivity contribution in [3.05, 3.63) is 64.9 Å². The molecular formula is C20H21N5O7. The fraction of sp³-hybridized carbons (Fsp3) is 0.200. The Hall–Kier alpha value is -4.32. The van der Waals surface area contributed by atoms with Crippen LogP contribution in [0.2, 0.25) is 0 Å². The Morgan fingerprint density at radius 2 is 1.66 bits per heavy atom. The van der Waals surface area contributed by atoms with Crippen molar-refractivity contribution in [2.75, 3.05) is 14.2 Å². The second-order valence-corrected chi connectivity index (χ2v) is 6.38. The molecule has 2 heterocycles. The van der Waals surface area contributed by atoms with Crippen LogP contribution in [0.3, 0.4) is 0 Å². The molecular weight excluding hydrogens is 422 g/mol. The Bertz CT molecular complexity index is 1170. The molecule has 0 saturated carbocycles. The topological polar surface area (TPSA) is 189 Å². The van der Waals surface area contributed by atoms with Gasteiger partial charge in [0.25, 0.3) is 5.91 Å². The van der Waals surface area contributed by atoms with Gasteiger partial charge in [-0.05, 0) is 24.6 Å². The zero-order valence-corrected chi connectivity index (χ0v) is 17.4. The largest absolute Gasteiger partial charge is 0.477 e. The SMILES string of the molecule is COC(=O)c1cc(C(=O)O)nc2c(C(N)=O)ncn12.COC(=O)c1ccc([C@@H](C)N)cc1. The van der Waals surface area contributed by atoms with E-state index in [1.54, 1.807) is 12.1 Å². The fourth-order valence-electron chi connectivity index (χ4n) is 2.56. The van der Waals surface area contributed by atoms with Crippen LogP contribution >= 0.6 is 0 Å². The standard InChI is InChI=1S/C10H8N4O5.C10H13NO2/c1-19-10(18)5-2-4(9(16)17)13-8-6(7(11)15)12-3-14(5)8;1-7(11)8-3-5-9(6-4-8)10(12)13-2/h2-3H,1H3,(H2,11,15)(H,16,17);3-7H,11H2,1-2H3/t;7-/m.1/s1. The molecule has 0 aliphatic rings. The van der Waals surface area contributed by atoms with Gasteiger partial charge in [-0.25, -0.2) is 24.4 Å². The highest BCUT2D eigenvalue weighted by atomic mass is 16.5. The summed E-state index contributed by atoms with van der Waals surface area (Å²) in [7, 11) is 2.50. The number of nitrogens with zero attached hydrogens (tertiary/aromatic N) is 3. The van der Waals surface area contributed by atoms with Gasteiger partial charge in [0.05, 0.1) is 19.8 Å². The lowest BCUT2D eigenvalue weighted by Crippen LogP contribution is -2.15. The number of imidazole rings is 1. The number of benzene rings is 1. The second kappa shape index (κ2) is 10.1. The van der Waals surface area contributed by atoms with Crippen molar-refractivity contribution in [2.24, 2.45) is 11.5 Å². The summed E-state index contributed by atoms with van der Waals surface area (Å²) in [5.74, 6) is -3.35. The van der Waals surface area contributed by atoms with Gasteiger partial charge in [-0.15, -0.1) is 0 Å². The number of carboxylic acid groups (broad SMARTS) is 1. The maximum atomic E-state index is 11.6. The number of hydrogen-bond acceptors (Lipinski definition) is 9. The molecule has 0 aliphatic heterocycles. The number of nitrogens with two attached hydrogens (primary N) is 2. The van der Waals surface area contributed by atoms with Gasteiger partial charge in [-0.2, -0.15) is 0 Å². The van der Waals surface area contributed by atoms with Gasteiger partial charge in [0, 0.05) is 12.1 Å². The number of rotatable bonds is 5. The maximum Gasteiger partial charge on any atom is 0.355 e. The number of amides is 1. The molecule has 12 nitrogen and oxygen atoms in total. The highest BCUT2D eigenvalue weighted by molar-refractivity contribution is 5.99. The number of esters is 2. The molecule has 1 atom stereocenters. The molecule has 12 heteroatoms. The normalized spacial score (nSPS) is 11.1. The number of methoxy groups -OCH3 is 2. The summed E-state index contributed by atoms with van der Waals surface area (Å²) in [4.78, 5) is 52.1. The number of carbonyl (C=O) groups excluding carboxylic acids is 3. The molecule has 0 aliphatic carbocycles. The third kappa shape index (κ3) is 5.23. The molecule has 3 aromatic rings. The summed E-state index contributed by atoms with van der Waals surface area (Å²) in [6.45, 7) is 1.90. The summed E-state index contributed by atoms with van der Waals surface area (Å²) in [6, 6.07) is 8.10. The Labute approximate surface area is 181 Å². The van der Waals surface area contributed by atoms with Gasteiger partial charge in [-0.3, -0.25) is 9.20 Å². The van der Waals surface area contributed by atoms with Crippen molar-refractivity contribution in [3.8, 4) is 0 Å². The Morgan fingerprint density at radius 3 is 2.12 bits per heavy atom. The molecule has 0 spiro atoms. The highest BCUT2D eigenvalue weighted by Gasteiger charge is 2.21. The number of aromatic nitrogens is 3. The first kappa shape index (κ1) is 24.0. The molecule has 0 radical (unpaired) electrons. The lowest BCUT2D eigenvalue weighted by Gasteiger charge is -2.05. The maximum absolute atomic E-state index is 11.6. The van der Waals surface area contributed by atoms with E-state index in [0.29, 0.717) is 5.56 Å². The third-order valence-corrected chi connectivity index (χ3v) is 4.21. The van der Waals surface area contributed by atoms with Crippen molar-refractivity contribution >= 4 is 29.5 Å². The molecule has 32 heavy (non-hydrogen) atoms. The van der Waals surface area contributed by atoms with E-state index < -0.39 is 23.5 Å². The number of ether oxygens (including phenoxy) is 2. The van der Waals surface area contributed by atoms with Crippen LogP contribution in [0, 0.1) is 0 Å². The minimum Gasteiger partial charge on any atom is -0.477 e. The van der Waals surface area contributed by atoms with Gasteiger partial charge < -0.3 is 26.0 Å². The van der Waals surface area contributed by atoms with E-state index in [0.717, 1.165) is 29.5 Å². The summed E-state index contributed by atoms with van der Waals surface area (Å²) in [6.07, 6.45) is 1.14. The first-order valence-electron chi connectivity index (χ1n) is 9.04. The van der Waals surface area contributed by atoms with Crippen LogP contribution < -0.4 is 11.5 Å². The quantitative estimate of drug-likeness (QED) is 0.476. The molecule has 3 rings (SSSR count). The van der Waals surface area contributed by atoms with Crippen molar-refractivity contribution in [3.63, 3.8) is 0 Å². The molecule has 0 fully saturated rings. The summed E-state index contributed by atoms with van der Waals surface area (Å²) in [5, 5.41) is 8.93. The van der Waals surface area contributed by atoms with E-state index >= 15 is 0 Å². The van der Waals surface area contributed by atoms with Crippen LogP contribution in [-0.2, 0) is 9.47 Å². The van der Waals surface area contributed by atoms with E-state index in [2.05, 4.69) is 19.4 Å². The lowest BCUT2D eigenvalue weighted by molar-refractivity contribution is 0.0586. The molecule has 168 valence electrons. The van der Waals surface area contributed by atoms with E-state index in [1.165, 1.54) is 7.11 Å². The van der Waals surface area contributed by atoms with Crippen LogP contribution in [0.4, 0.5) is 0 Å². The number of fused-ring (bicyclic) bond motifs is 1. The van der Waals surface area contributed by atoms with E-state index in [1.807, 2.05) is 19.1 Å². The number of primary amides is 1. The number of hydrogen-bond donors (Lipinski definition) is 3. The van der Waals surface area contributed by atoms with Gasteiger partial charge >= 0.3 is 17.9 Å². The number of carboxylic acids is 1. The Kier molecular flexibility index (Phi) is 7.58. The zero-order chi connectivity index (χ0) is 24.0. The van der Waals surface area contributed by atoms with E-state index in [9.17, 15) is 19.2 Å². The molecule has 1 aromatic carbocycles. The minimum atomic E-state index is -1.36. The zero-order valence-electron chi connectivity index (χ0n) is 17.4. The van der Waals surface area contributed by atoms with E-state index in [4.69, 9.17) is 16.6 Å². The molecule has 0 saturated heterocycles. The third-order valence-electron chi connectivity index (χ3n) is 4.21. The lowest BCUT2D eigenvalue weighted by atomic mass is 10.1. The second-order valence-electron chi connectivity index (χ2n) is 6.38. The first-order valence-corrected chi connectivity index (χ1v) is 9.04. The van der Waals surface area contributed by atoms with Crippen LogP contribution in [-0.4, -0.2) is 57.5 Å². The number of carbonyl (C=O) groups is 4. The smallest absolute Gasteiger partial charge is 0.355 e. The molecule has 0 bridgehead atoms. The van der Waals surface area contributed by atoms with Crippen LogP contribution in [0.5, 0.6) is 0 Å². The predicted octanol–water partition coefficient (Wildman–Crippen LogP) is 0.806. The molecule has 0 unspecified atom stereocenters. The highest BCUT2D eigenvalue weighted by Crippen LogP contribution is 2.13. The van der Waals surface area contributed by atoms with Gasteiger partial charge in [-0.1, -0.05) is 12.1 Å². The fourth-order valence-corrected chi connectivity index (χ4v) is 2.56. The van der Waals surface area contributed by atoms with Crippen molar-refractivity contribution in [1.82, 2.24) is 14.4 Å². The Morgan fingerprint density at radius 1 is 1.06 bits per heavy atom. The monoisotopic (exact) mass is 443 g/mol. The summed E-state index contributed by atoms with van der Waals surface area (Å²) in [5.41, 5.74) is 11.4. The van der Waals surface area contributed by atoms with Crippen molar-refractivity contribution in [2.45, 2.75) is 13.0 Å². The van der Waals surface area contributed by atoms with Crippen LogP contribution in [0.25, 0.3) is 5.65 Å². The van der Waals surface area contributed by atoms with Gasteiger partial charge in [0.1, 0.15) is 12.0 Å². The molecule has 2 aromatic heterocycles.